The van der Waals surface area contributed by atoms with Gasteiger partial charge in [-0.05, 0) is 13.8 Å². The summed E-state index contributed by atoms with van der Waals surface area (Å²) >= 11 is 16.2. The molecule has 0 saturated carbocycles. The lowest BCUT2D eigenvalue weighted by atomic mass is 10.8. The van der Waals surface area contributed by atoms with E-state index in [0.29, 0.717) is 0 Å². The van der Waals surface area contributed by atoms with Crippen molar-refractivity contribution in [1.29, 1.82) is 0 Å². The Balaban J connectivity index is 4.73. The Morgan fingerprint density at radius 3 is 1.86 bits per heavy atom. The molecule has 0 radical (unpaired) electrons. The van der Waals surface area contributed by atoms with Crippen LogP contribution in [-0.4, -0.2) is 28.0 Å². The molecule has 86 valence electrons. The Labute approximate surface area is 98.0 Å². The highest BCUT2D eigenvalue weighted by Gasteiger charge is 2.47. The fraction of sp³-hybridized carbons (Fsp3) is 1.00. The Bertz CT molecular complexity index is 208. The van der Waals surface area contributed by atoms with Gasteiger partial charge in [0.25, 0.3) is 0 Å². The van der Waals surface area contributed by atoms with Crippen LogP contribution >= 0.6 is 42.4 Å². The summed E-state index contributed by atoms with van der Waals surface area (Å²) < 4.78 is 19.3. The molecule has 1 N–H and O–H groups in total. The van der Waals surface area contributed by atoms with Crippen LogP contribution in [0.1, 0.15) is 13.8 Å². The first-order valence-corrected chi connectivity index (χ1v) is 6.66. The fourth-order valence-electron chi connectivity index (χ4n) is 0.718. The van der Waals surface area contributed by atoms with E-state index >= 15 is 0 Å². The van der Waals surface area contributed by atoms with Crippen molar-refractivity contribution in [2.75, 3.05) is 13.2 Å². The smallest absolute Gasteiger partial charge is 0.363 e. The van der Waals surface area contributed by atoms with E-state index < -0.39 is 17.2 Å². The summed E-state index contributed by atoms with van der Waals surface area (Å²) in [5, 5.41) is 9.46. The number of aliphatic hydroxyl groups is 1. The van der Waals surface area contributed by atoms with Gasteiger partial charge in [0.2, 0.25) is 9.64 Å². The van der Waals surface area contributed by atoms with Gasteiger partial charge in [-0.2, -0.15) is 0 Å². The Morgan fingerprint density at radius 1 is 1.29 bits per heavy atom. The lowest BCUT2D eigenvalue weighted by Gasteiger charge is -2.26. The van der Waals surface area contributed by atoms with Crippen molar-refractivity contribution >= 4 is 42.4 Å². The zero-order chi connectivity index (χ0) is 11.4. The molecule has 0 aromatic heterocycles. The van der Waals surface area contributed by atoms with E-state index in [1.807, 2.05) is 0 Å². The monoisotopic (exact) mass is 284 g/mol. The molecule has 0 aliphatic rings. The van der Waals surface area contributed by atoms with Crippen LogP contribution in [0.5, 0.6) is 0 Å². The van der Waals surface area contributed by atoms with Gasteiger partial charge in [0.05, 0.1) is 13.2 Å². The van der Waals surface area contributed by atoms with Gasteiger partial charge in [-0.1, -0.05) is 34.8 Å². The molecule has 0 bridgehead atoms. The van der Waals surface area contributed by atoms with Gasteiger partial charge in [-0.15, -0.1) is 0 Å². The maximum absolute atomic E-state index is 11.8. The highest BCUT2D eigenvalue weighted by Crippen LogP contribution is 2.58. The van der Waals surface area contributed by atoms with Gasteiger partial charge < -0.3 is 14.2 Å². The van der Waals surface area contributed by atoms with Crippen LogP contribution < -0.4 is 0 Å². The molecule has 1 atom stereocenters. The third-order valence-corrected chi connectivity index (χ3v) is 4.51. The predicted octanol–water partition coefficient (Wildman–Crippen LogP) is 2.94. The van der Waals surface area contributed by atoms with E-state index in [0.717, 1.165) is 0 Å². The van der Waals surface area contributed by atoms with Crippen LogP contribution in [-0.2, 0) is 13.6 Å². The Kier molecular flexibility index (Phi) is 6.31. The predicted molar refractivity (Wildman–Crippen MR) is 57.2 cm³/mol. The van der Waals surface area contributed by atoms with Crippen molar-refractivity contribution < 1.29 is 18.7 Å². The fourth-order valence-corrected chi connectivity index (χ4v) is 3.23. The van der Waals surface area contributed by atoms with Gasteiger partial charge in [0.15, 0.2) is 0 Å². The molecule has 14 heavy (non-hydrogen) atoms. The van der Waals surface area contributed by atoms with Crippen molar-refractivity contribution in [3.05, 3.63) is 0 Å². The molecular formula is C6H12Cl3O4P. The van der Waals surface area contributed by atoms with Crippen molar-refractivity contribution in [2.45, 2.75) is 23.5 Å². The van der Waals surface area contributed by atoms with Crippen LogP contribution in [0.4, 0.5) is 0 Å². The molecule has 0 heterocycles. The molecule has 0 amide bonds. The Hall–Kier alpha value is 0.980. The topological polar surface area (TPSA) is 55.8 Å². The highest BCUT2D eigenvalue weighted by molar-refractivity contribution is 7.55. The lowest BCUT2D eigenvalue weighted by molar-refractivity contribution is 0.151. The van der Waals surface area contributed by atoms with Crippen LogP contribution in [0.25, 0.3) is 0 Å². The van der Waals surface area contributed by atoms with Crippen LogP contribution in [0.3, 0.4) is 0 Å². The zero-order valence-corrected chi connectivity index (χ0v) is 10.9. The van der Waals surface area contributed by atoms with Gasteiger partial charge in [0.1, 0.15) is 0 Å². The number of hydrogen-bond donors (Lipinski definition) is 1. The zero-order valence-electron chi connectivity index (χ0n) is 7.74. The number of rotatable bonds is 5. The molecule has 0 aromatic rings. The first kappa shape index (κ1) is 15.0. The minimum Gasteiger partial charge on any atom is -0.377 e. The minimum absolute atomic E-state index is 0.0923. The van der Waals surface area contributed by atoms with Gasteiger partial charge in [0, 0.05) is 0 Å². The molecule has 4 nitrogen and oxygen atoms in total. The minimum atomic E-state index is -3.77. The summed E-state index contributed by atoms with van der Waals surface area (Å²) in [6, 6.07) is 0. The summed E-state index contributed by atoms with van der Waals surface area (Å²) in [4.78, 5) is 0. The van der Waals surface area contributed by atoms with E-state index in [2.05, 4.69) is 0 Å². The van der Waals surface area contributed by atoms with Crippen molar-refractivity contribution in [2.24, 2.45) is 0 Å². The molecule has 8 heteroatoms. The summed E-state index contributed by atoms with van der Waals surface area (Å²) in [6.45, 7) is 3.37. The average Bonchev–Trinajstić information content (AvgIpc) is 2.02. The maximum atomic E-state index is 11.8. The number of halogens is 3. The first-order valence-electron chi connectivity index (χ1n) is 3.91. The second-order valence-corrected chi connectivity index (χ2v) is 6.74. The molecule has 0 aliphatic heterocycles. The second-order valence-electron chi connectivity index (χ2n) is 2.29. The lowest BCUT2D eigenvalue weighted by Crippen LogP contribution is -2.27. The summed E-state index contributed by atoms with van der Waals surface area (Å²) in [6.07, 6.45) is 0. The van der Waals surface area contributed by atoms with Crippen molar-refractivity contribution in [1.82, 2.24) is 0 Å². The molecule has 1 unspecified atom stereocenters. The second kappa shape index (κ2) is 5.90. The first-order chi connectivity index (χ1) is 6.28. The average molecular weight is 285 g/mol. The molecule has 0 spiro atoms. The normalized spacial score (nSPS) is 15.6. The van der Waals surface area contributed by atoms with E-state index in [1.165, 1.54) is 0 Å². The molecule has 0 aromatic carbocycles. The van der Waals surface area contributed by atoms with Crippen molar-refractivity contribution in [3.8, 4) is 0 Å². The summed E-state index contributed by atoms with van der Waals surface area (Å²) in [5.41, 5.74) is 0. The Morgan fingerprint density at radius 2 is 1.64 bits per heavy atom. The molecule has 0 fully saturated rings. The molecule has 0 saturated heterocycles. The van der Waals surface area contributed by atoms with Gasteiger partial charge >= 0.3 is 7.60 Å². The van der Waals surface area contributed by atoms with Gasteiger partial charge in [-0.3, -0.25) is 4.57 Å². The summed E-state index contributed by atoms with van der Waals surface area (Å²) in [5.74, 6) is -1.79. The summed E-state index contributed by atoms with van der Waals surface area (Å²) in [7, 11) is -3.77. The highest BCUT2D eigenvalue weighted by atomic mass is 35.6. The van der Waals surface area contributed by atoms with E-state index in [4.69, 9.17) is 43.9 Å². The largest absolute Gasteiger partial charge is 0.377 e. The van der Waals surface area contributed by atoms with Gasteiger partial charge in [-0.25, -0.2) is 0 Å². The van der Waals surface area contributed by atoms with Crippen LogP contribution in [0.15, 0.2) is 0 Å². The third kappa shape index (κ3) is 4.23. The number of hydrogen-bond acceptors (Lipinski definition) is 4. The van der Waals surface area contributed by atoms with Crippen LogP contribution in [0.2, 0.25) is 0 Å². The quantitative estimate of drug-likeness (QED) is 0.623. The third-order valence-electron chi connectivity index (χ3n) is 1.21. The molecule has 0 aliphatic carbocycles. The standard InChI is InChI=1S/C6H12Cl3O4P/c1-3-12-14(11,13-4-2)5(10)6(7,8)9/h5,10H,3-4H2,1-2H3. The number of alkyl halides is 3. The number of aliphatic hydroxyl groups excluding tert-OH is 1. The SMILES string of the molecule is CCOP(=O)(OCC)C(O)C(Cl)(Cl)Cl. The van der Waals surface area contributed by atoms with E-state index in [1.54, 1.807) is 13.8 Å². The molecular weight excluding hydrogens is 273 g/mol. The van der Waals surface area contributed by atoms with E-state index in [-0.39, 0.29) is 13.2 Å². The maximum Gasteiger partial charge on any atom is 0.363 e. The molecule has 0 rings (SSSR count). The van der Waals surface area contributed by atoms with E-state index in [9.17, 15) is 9.67 Å². The van der Waals surface area contributed by atoms with Crippen LogP contribution in [0, 0.1) is 0 Å². The van der Waals surface area contributed by atoms with Crippen molar-refractivity contribution in [3.63, 3.8) is 0 Å².